The zero-order valence-corrected chi connectivity index (χ0v) is 17.1. The van der Waals surface area contributed by atoms with Crippen molar-refractivity contribution < 1.29 is 4.74 Å². The van der Waals surface area contributed by atoms with Crippen molar-refractivity contribution in [2.24, 2.45) is 5.92 Å². The molecule has 152 valence electrons. The molecule has 3 heterocycles. The van der Waals surface area contributed by atoms with Gasteiger partial charge in [0.2, 0.25) is 0 Å². The molecule has 0 aromatic carbocycles. The van der Waals surface area contributed by atoms with Gasteiger partial charge in [0, 0.05) is 32.3 Å². The number of aromatic nitrogens is 3. The molecule has 1 saturated carbocycles. The molecule has 0 bridgehead atoms. The van der Waals surface area contributed by atoms with E-state index >= 15 is 0 Å². The molecule has 1 aromatic heterocycles. The minimum atomic E-state index is 0.404. The van der Waals surface area contributed by atoms with Gasteiger partial charge in [-0.2, -0.15) is 0 Å². The quantitative estimate of drug-likeness (QED) is 0.699. The van der Waals surface area contributed by atoms with Gasteiger partial charge in [0.1, 0.15) is 12.2 Å². The molecule has 0 radical (unpaired) electrons. The van der Waals surface area contributed by atoms with Crippen molar-refractivity contribution in [1.29, 1.82) is 0 Å². The summed E-state index contributed by atoms with van der Waals surface area (Å²) in [5, 5.41) is 8.51. The van der Waals surface area contributed by atoms with Gasteiger partial charge in [-0.05, 0) is 64.5 Å². The maximum absolute atomic E-state index is 5.94. The van der Waals surface area contributed by atoms with E-state index in [1.807, 2.05) is 6.33 Å². The molecule has 0 spiro atoms. The molecular weight excluding hydrogens is 338 g/mol. The summed E-state index contributed by atoms with van der Waals surface area (Å²) in [6, 6.07) is 0.886. The topological polar surface area (TPSA) is 46.4 Å². The van der Waals surface area contributed by atoms with Crippen LogP contribution in [0.2, 0.25) is 0 Å². The largest absolute Gasteiger partial charge is 0.377 e. The lowest BCUT2D eigenvalue weighted by molar-refractivity contribution is 0.0526. The van der Waals surface area contributed by atoms with Crippen LogP contribution in [0, 0.1) is 5.92 Å². The van der Waals surface area contributed by atoms with Gasteiger partial charge in [-0.25, -0.2) is 0 Å². The Morgan fingerprint density at radius 1 is 1.07 bits per heavy atom. The molecule has 0 N–H and O–H groups in total. The van der Waals surface area contributed by atoms with Gasteiger partial charge < -0.3 is 14.2 Å². The molecule has 0 amide bonds. The van der Waals surface area contributed by atoms with E-state index in [9.17, 15) is 0 Å². The molecule has 4 rings (SSSR count). The zero-order chi connectivity index (χ0) is 18.5. The van der Waals surface area contributed by atoms with E-state index in [0.29, 0.717) is 6.10 Å². The van der Waals surface area contributed by atoms with E-state index in [2.05, 4.69) is 31.5 Å². The summed E-state index contributed by atoms with van der Waals surface area (Å²) in [5.74, 6) is 1.90. The van der Waals surface area contributed by atoms with Crippen LogP contribution in [0.4, 0.5) is 0 Å². The van der Waals surface area contributed by atoms with E-state index < -0.39 is 0 Å². The van der Waals surface area contributed by atoms with Crippen LogP contribution in [0.15, 0.2) is 6.33 Å². The second-order valence-corrected chi connectivity index (χ2v) is 8.78. The van der Waals surface area contributed by atoms with Crippen LogP contribution < -0.4 is 0 Å². The molecule has 3 fully saturated rings. The van der Waals surface area contributed by atoms with Gasteiger partial charge in [0.15, 0.2) is 0 Å². The average Bonchev–Trinajstić information content (AvgIpc) is 3.45. The van der Waals surface area contributed by atoms with Crippen molar-refractivity contribution in [2.75, 3.05) is 32.8 Å². The monoisotopic (exact) mass is 375 g/mol. The van der Waals surface area contributed by atoms with Gasteiger partial charge in [0.25, 0.3) is 0 Å². The molecule has 2 aliphatic heterocycles. The first kappa shape index (κ1) is 19.3. The number of nitrogens with zero attached hydrogens (tertiary/aromatic N) is 5. The Bertz CT molecular complexity index is 557. The van der Waals surface area contributed by atoms with Crippen molar-refractivity contribution in [3.05, 3.63) is 12.2 Å². The summed E-state index contributed by atoms with van der Waals surface area (Å²) in [5.41, 5.74) is 0. The highest BCUT2D eigenvalue weighted by Crippen LogP contribution is 2.28. The SMILES string of the molecule is CCn1cnnc1CN(CC1CCN(C2CCCC2)CC1)CC1CCCO1. The number of ether oxygens (including phenoxy) is 1. The Balaban J connectivity index is 1.32. The van der Waals surface area contributed by atoms with E-state index in [0.717, 1.165) is 44.0 Å². The molecule has 1 aliphatic carbocycles. The minimum absolute atomic E-state index is 0.404. The zero-order valence-electron chi connectivity index (χ0n) is 17.1. The third-order valence-corrected chi connectivity index (χ3v) is 6.89. The number of aryl methyl sites for hydroxylation is 1. The molecule has 1 unspecified atom stereocenters. The van der Waals surface area contributed by atoms with Crippen LogP contribution >= 0.6 is 0 Å². The van der Waals surface area contributed by atoms with Crippen LogP contribution in [0.1, 0.15) is 64.1 Å². The predicted molar refractivity (Wildman–Crippen MR) is 107 cm³/mol. The lowest BCUT2D eigenvalue weighted by Crippen LogP contribution is -2.43. The third kappa shape index (κ3) is 5.09. The van der Waals surface area contributed by atoms with Gasteiger partial charge in [-0.3, -0.25) is 4.90 Å². The first-order valence-corrected chi connectivity index (χ1v) is 11.3. The van der Waals surface area contributed by atoms with Crippen LogP contribution in [-0.2, 0) is 17.8 Å². The summed E-state index contributed by atoms with van der Waals surface area (Å²) >= 11 is 0. The highest BCUT2D eigenvalue weighted by Gasteiger charge is 2.29. The molecule has 6 heteroatoms. The van der Waals surface area contributed by atoms with E-state index in [-0.39, 0.29) is 0 Å². The maximum atomic E-state index is 5.94. The molecular formula is C21H37N5O. The minimum Gasteiger partial charge on any atom is -0.377 e. The normalized spacial score (nSPS) is 25.8. The van der Waals surface area contributed by atoms with Crippen LogP contribution in [0.3, 0.4) is 0 Å². The number of likely N-dealkylation sites (tertiary alicyclic amines) is 1. The first-order chi connectivity index (χ1) is 13.3. The molecule has 1 atom stereocenters. The highest BCUT2D eigenvalue weighted by molar-refractivity contribution is 4.88. The fourth-order valence-corrected chi connectivity index (χ4v) is 5.28. The molecule has 6 nitrogen and oxygen atoms in total. The summed E-state index contributed by atoms with van der Waals surface area (Å²) in [4.78, 5) is 5.38. The maximum Gasteiger partial charge on any atom is 0.146 e. The van der Waals surface area contributed by atoms with Crippen molar-refractivity contribution in [3.8, 4) is 0 Å². The van der Waals surface area contributed by atoms with Crippen LogP contribution in [0.5, 0.6) is 0 Å². The van der Waals surface area contributed by atoms with Crippen LogP contribution in [-0.4, -0.2) is 69.5 Å². The second-order valence-electron chi connectivity index (χ2n) is 8.78. The van der Waals surface area contributed by atoms with E-state index in [1.165, 1.54) is 71.0 Å². The average molecular weight is 376 g/mol. The Morgan fingerprint density at radius 2 is 1.89 bits per heavy atom. The number of piperidine rings is 1. The Morgan fingerprint density at radius 3 is 2.59 bits per heavy atom. The number of rotatable bonds is 8. The van der Waals surface area contributed by atoms with Gasteiger partial charge in [-0.15, -0.1) is 10.2 Å². The number of hydrogen-bond acceptors (Lipinski definition) is 5. The highest BCUT2D eigenvalue weighted by atomic mass is 16.5. The van der Waals surface area contributed by atoms with E-state index in [4.69, 9.17) is 4.74 Å². The fraction of sp³-hybridized carbons (Fsp3) is 0.905. The first-order valence-electron chi connectivity index (χ1n) is 11.3. The van der Waals surface area contributed by atoms with Crippen molar-refractivity contribution in [3.63, 3.8) is 0 Å². The van der Waals surface area contributed by atoms with Crippen molar-refractivity contribution in [2.45, 2.75) is 83.5 Å². The second kappa shape index (κ2) is 9.48. The van der Waals surface area contributed by atoms with Crippen molar-refractivity contribution in [1.82, 2.24) is 24.6 Å². The van der Waals surface area contributed by atoms with Gasteiger partial charge >= 0.3 is 0 Å². The summed E-state index contributed by atoms with van der Waals surface area (Å²) in [6.07, 6.45) is 13.1. The van der Waals surface area contributed by atoms with Gasteiger partial charge in [-0.1, -0.05) is 12.8 Å². The van der Waals surface area contributed by atoms with E-state index in [1.54, 1.807) is 0 Å². The third-order valence-electron chi connectivity index (χ3n) is 6.89. The lowest BCUT2D eigenvalue weighted by atomic mass is 9.94. The fourth-order valence-electron chi connectivity index (χ4n) is 5.28. The summed E-state index contributed by atoms with van der Waals surface area (Å²) < 4.78 is 8.11. The number of hydrogen-bond donors (Lipinski definition) is 0. The smallest absolute Gasteiger partial charge is 0.146 e. The Kier molecular flexibility index (Phi) is 6.79. The summed E-state index contributed by atoms with van der Waals surface area (Å²) in [6.45, 7) is 9.75. The standard InChI is InChI=1S/C21H37N5O/c1-2-25-17-22-23-21(25)16-24(15-20-8-5-13-27-20)14-18-9-11-26(12-10-18)19-6-3-4-7-19/h17-20H,2-16H2,1H3. The molecule has 27 heavy (non-hydrogen) atoms. The molecule has 2 saturated heterocycles. The van der Waals surface area contributed by atoms with Gasteiger partial charge in [0.05, 0.1) is 12.6 Å². The van der Waals surface area contributed by atoms with Crippen molar-refractivity contribution >= 4 is 0 Å². The summed E-state index contributed by atoms with van der Waals surface area (Å²) in [7, 11) is 0. The Hall–Kier alpha value is -0.980. The predicted octanol–water partition coefficient (Wildman–Crippen LogP) is 2.93. The Labute approximate surface area is 164 Å². The van der Waals surface area contributed by atoms with Crippen LogP contribution in [0.25, 0.3) is 0 Å². The molecule has 3 aliphatic rings. The molecule has 1 aromatic rings. The lowest BCUT2D eigenvalue weighted by Gasteiger charge is -2.38.